The lowest BCUT2D eigenvalue weighted by Gasteiger charge is -2.35. The first-order chi connectivity index (χ1) is 8.91. The van der Waals surface area contributed by atoms with Gasteiger partial charge in [-0.3, -0.25) is 0 Å². The van der Waals surface area contributed by atoms with Gasteiger partial charge in [-0.2, -0.15) is 0 Å². The Morgan fingerprint density at radius 2 is 2.00 bits per heavy atom. The fraction of sp³-hybridized carbons (Fsp3) is 1.00. The van der Waals surface area contributed by atoms with Crippen LogP contribution in [-0.2, 0) is 0 Å². The number of likely N-dealkylation sites (tertiary alicyclic amines) is 1. The molecule has 1 fully saturated rings. The van der Waals surface area contributed by atoms with Crippen molar-refractivity contribution in [1.82, 2.24) is 10.2 Å². The van der Waals surface area contributed by atoms with Crippen molar-refractivity contribution in [3.05, 3.63) is 0 Å². The van der Waals surface area contributed by atoms with Gasteiger partial charge in [-0.1, -0.05) is 20.8 Å². The monoisotopic (exact) mass is 270 g/mol. The van der Waals surface area contributed by atoms with Crippen molar-refractivity contribution in [2.45, 2.75) is 65.4 Å². The van der Waals surface area contributed by atoms with Crippen LogP contribution in [0.3, 0.4) is 0 Å². The Labute approximate surface area is 119 Å². The maximum Gasteiger partial charge on any atom is 0.0632 e. The summed E-state index contributed by atoms with van der Waals surface area (Å²) in [5.41, 5.74) is -0.0941. The van der Waals surface area contributed by atoms with E-state index in [9.17, 15) is 5.11 Å². The number of hydrogen-bond donors (Lipinski definition) is 2. The molecule has 0 aliphatic carbocycles. The molecule has 1 heterocycles. The highest BCUT2D eigenvalue weighted by Crippen LogP contribution is 2.26. The molecule has 0 radical (unpaired) electrons. The van der Waals surface area contributed by atoms with Crippen LogP contribution in [-0.4, -0.2) is 48.3 Å². The predicted molar refractivity (Wildman–Crippen MR) is 82.5 cm³/mol. The van der Waals surface area contributed by atoms with Crippen LogP contribution in [0, 0.1) is 5.41 Å². The second-order valence-corrected chi connectivity index (χ2v) is 6.97. The molecular weight excluding hydrogens is 236 g/mol. The van der Waals surface area contributed by atoms with Crippen LogP contribution < -0.4 is 5.32 Å². The standard InChI is InChI=1S/C16H34N2O/c1-5-10-17-13-15(3,6-2)14-18-11-7-8-16(4,19)9-12-18/h17,19H,5-14H2,1-4H3. The van der Waals surface area contributed by atoms with Gasteiger partial charge in [0.05, 0.1) is 5.60 Å². The first kappa shape index (κ1) is 16.9. The number of hydrogen-bond acceptors (Lipinski definition) is 3. The molecule has 0 aromatic rings. The molecule has 19 heavy (non-hydrogen) atoms. The quantitative estimate of drug-likeness (QED) is 0.698. The summed E-state index contributed by atoms with van der Waals surface area (Å²) in [4.78, 5) is 2.55. The maximum absolute atomic E-state index is 10.2. The van der Waals surface area contributed by atoms with E-state index in [1.807, 2.05) is 6.92 Å². The average Bonchev–Trinajstić information content (AvgIpc) is 2.51. The normalized spacial score (nSPS) is 28.9. The van der Waals surface area contributed by atoms with Crippen LogP contribution in [0.15, 0.2) is 0 Å². The van der Waals surface area contributed by atoms with Gasteiger partial charge in [-0.05, 0) is 57.5 Å². The van der Waals surface area contributed by atoms with Crippen LogP contribution in [0.25, 0.3) is 0 Å². The fourth-order valence-corrected chi connectivity index (χ4v) is 2.88. The second kappa shape index (κ2) is 7.61. The van der Waals surface area contributed by atoms with Gasteiger partial charge in [0.2, 0.25) is 0 Å². The molecule has 3 heteroatoms. The van der Waals surface area contributed by atoms with Crippen molar-refractivity contribution >= 4 is 0 Å². The van der Waals surface area contributed by atoms with E-state index in [1.165, 1.54) is 12.8 Å². The van der Waals surface area contributed by atoms with Gasteiger partial charge >= 0.3 is 0 Å². The van der Waals surface area contributed by atoms with E-state index < -0.39 is 5.60 Å². The van der Waals surface area contributed by atoms with E-state index in [4.69, 9.17) is 0 Å². The molecule has 2 atom stereocenters. The number of rotatable bonds is 7. The molecule has 0 amide bonds. The summed E-state index contributed by atoms with van der Waals surface area (Å²) in [5, 5.41) is 13.7. The summed E-state index contributed by atoms with van der Waals surface area (Å²) >= 11 is 0. The van der Waals surface area contributed by atoms with E-state index in [-0.39, 0.29) is 0 Å². The highest BCUT2D eigenvalue weighted by atomic mass is 16.3. The topological polar surface area (TPSA) is 35.5 Å². The average molecular weight is 270 g/mol. The maximum atomic E-state index is 10.2. The molecule has 1 aliphatic rings. The third-order valence-corrected chi connectivity index (χ3v) is 4.59. The minimum atomic E-state index is -0.447. The van der Waals surface area contributed by atoms with Crippen LogP contribution >= 0.6 is 0 Å². The number of aliphatic hydroxyl groups is 1. The predicted octanol–water partition coefficient (Wildman–Crippen LogP) is 2.64. The molecule has 0 aromatic heterocycles. The van der Waals surface area contributed by atoms with Crippen LogP contribution in [0.4, 0.5) is 0 Å². The van der Waals surface area contributed by atoms with Crippen molar-refractivity contribution < 1.29 is 5.11 Å². The van der Waals surface area contributed by atoms with Crippen LogP contribution in [0.1, 0.15) is 59.8 Å². The molecule has 1 aliphatic heterocycles. The van der Waals surface area contributed by atoms with Gasteiger partial charge in [-0.15, -0.1) is 0 Å². The Kier molecular flexibility index (Phi) is 6.78. The lowest BCUT2D eigenvalue weighted by molar-refractivity contribution is 0.0428. The third kappa shape index (κ3) is 6.24. The summed E-state index contributed by atoms with van der Waals surface area (Å²) in [6, 6.07) is 0. The highest BCUT2D eigenvalue weighted by Gasteiger charge is 2.29. The molecule has 1 saturated heterocycles. The van der Waals surface area contributed by atoms with E-state index in [0.717, 1.165) is 52.0 Å². The zero-order chi connectivity index (χ0) is 14.4. The van der Waals surface area contributed by atoms with Gasteiger partial charge in [0.1, 0.15) is 0 Å². The molecular formula is C16H34N2O. The third-order valence-electron chi connectivity index (χ3n) is 4.59. The minimum Gasteiger partial charge on any atom is -0.390 e. The SMILES string of the molecule is CCCNCC(C)(CC)CN1CCCC(C)(O)CC1. The van der Waals surface area contributed by atoms with Crippen molar-refractivity contribution in [2.24, 2.45) is 5.41 Å². The molecule has 1 rings (SSSR count). The van der Waals surface area contributed by atoms with Crippen LogP contribution in [0.5, 0.6) is 0 Å². The molecule has 0 aromatic carbocycles. The minimum absolute atomic E-state index is 0.353. The molecule has 114 valence electrons. The van der Waals surface area contributed by atoms with Crippen LogP contribution in [0.2, 0.25) is 0 Å². The van der Waals surface area contributed by atoms with Crippen molar-refractivity contribution in [3.8, 4) is 0 Å². The molecule has 2 N–H and O–H groups in total. The molecule has 0 saturated carbocycles. The zero-order valence-corrected chi connectivity index (χ0v) is 13.5. The second-order valence-electron chi connectivity index (χ2n) is 6.97. The Morgan fingerprint density at radius 3 is 2.63 bits per heavy atom. The lowest BCUT2D eigenvalue weighted by atomic mass is 9.86. The van der Waals surface area contributed by atoms with Crippen molar-refractivity contribution in [3.63, 3.8) is 0 Å². The molecule has 2 unspecified atom stereocenters. The Bertz CT molecular complexity index is 255. The largest absolute Gasteiger partial charge is 0.390 e. The number of nitrogens with zero attached hydrogens (tertiary/aromatic N) is 1. The first-order valence-corrected chi connectivity index (χ1v) is 8.06. The van der Waals surface area contributed by atoms with Gasteiger partial charge in [-0.25, -0.2) is 0 Å². The Hall–Kier alpha value is -0.120. The highest BCUT2D eigenvalue weighted by molar-refractivity contribution is 4.84. The van der Waals surface area contributed by atoms with Crippen molar-refractivity contribution in [2.75, 3.05) is 32.7 Å². The smallest absolute Gasteiger partial charge is 0.0632 e. The van der Waals surface area contributed by atoms with Crippen molar-refractivity contribution in [1.29, 1.82) is 0 Å². The molecule has 3 nitrogen and oxygen atoms in total. The summed E-state index contributed by atoms with van der Waals surface area (Å²) in [5.74, 6) is 0. The van der Waals surface area contributed by atoms with E-state index in [2.05, 4.69) is 31.0 Å². The van der Waals surface area contributed by atoms with Gasteiger partial charge < -0.3 is 15.3 Å². The van der Waals surface area contributed by atoms with Gasteiger partial charge in [0.25, 0.3) is 0 Å². The van der Waals surface area contributed by atoms with Gasteiger partial charge in [0, 0.05) is 19.6 Å². The van der Waals surface area contributed by atoms with Gasteiger partial charge in [0.15, 0.2) is 0 Å². The van der Waals surface area contributed by atoms with E-state index in [0.29, 0.717) is 5.41 Å². The molecule has 0 spiro atoms. The Morgan fingerprint density at radius 1 is 1.26 bits per heavy atom. The summed E-state index contributed by atoms with van der Waals surface area (Å²) < 4.78 is 0. The number of nitrogens with one attached hydrogen (secondary N) is 1. The summed E-state index contributed by atoms with van der Waals surface area (Å²) in [7, 11) is 0. The zero-order valence-electron chi connectivity index (χ0n) is 13.5. The molecule has 0 bridgehead atoms. The fourth-order valence-electron chi connectivity index (χ4n) is 2.88. The Balaban J connectivity index is 2.45. The van der Waals surface area contributed by atoms with E-state index >= 15 is 0 Å². The van der Waals surface area contributed by atoms with E-state index in [1.54, 1.807) is 0 Å². The lowest BCUT2D eigenvalue weighted by Crippen LogP contribution is -2.43. The summed E-state index contributed by atoms with van der Waals surface area (Å²) in [6.45, 7) is 14.4. The first-order valence-electron chi connectivity index (χ1n) is 8.06. The summed E-state index contributed by atoms with van der Waals surface area (Å²) in [6.07, 6.45) is 5.38.